The first-order valence-corrected chi connectivity index (χ1v) is 5.16. The van der Waals surface area contributed by atoms with Crippen molar-refractivity contribution in [2.75, 3.05) is 25.0 Å². The summed E-state index contributed by atoms with van der Waals surface area (Å²) in [6.45, 7) is 3.32. The summed E-state index contributed by atoms with van der Waals surface area (Å²) in [5, 5.41) is 6.69. The van der Waals surface area contributed by atoms with Crippen LogP contribution in [0.4, 0.5) is 5.82 Å². The fourth-order valence-corrected chi connectivity index (χ4v) is 1.73. The van der Waals surface area contributed by atoms with Crippen LogP contribution in [-0.4, -0.2) is 29.6 Å². The Balaban J connectivity index is 0.00000112. The Bertz CT molecular complexity index is 265. The van der Waals surface area contributed by atoms with Crippen molar-refractivity contribution in [1.82, 2.24) is 15.3 Å². The van der Waals surface area contributed by atoms with Gasteiger partial charge in [-0.3, -0.25) is 0 Å². The quantitative estimate of drug-likeness (QED) is 0.874. The Kier molecular flexibility index (Phi) is 8.25. The van der Waals surface area contributed by atoms with Crippen LogP contribution in [0.3, 0.4) is 0 Å². The molecule has 0 unspecified atom stereocenters. The number of hydrogen-bond donors (Lipinski definition) is 2. The van der Waals surface area contributed by atoms with Gasteiger partial charge in [0.25, 0.3) is 0 Å². The van der Waals surface area contributed by atoms with Crippen LogP contribution in [0.25, 0.3) is 0 Å². The van der Waals surface area contributed by atoms with Crippen molar-refractivity contribution in [3.05, 3.63) is 18.6 Å². The Morgan fingerprint density at radius 1 is 1.31 bits per heavy atom. The summed E-state index contributed by atoms with van der Waals surface area (Å²) in [7, 11) is 0. The molecule has 1 aromatic rings. The molecule has 0 aromatic carbocycles. The molecule has 2 N–H and O–H groups in total. The average molecular weight is 265 g/mol. The van der Waals surface area contributed by atoms with E-state index < -0.39 is 0 Å². The minimum Gasteiger partial charge on any atom is -0.370 e. The predicted octanol–water partition coefficient (Wildman–Crippen LogP) is 1.73. The second-order valence-corrected chi connectivity index (χ2v) is 3.67. The maximum atomic E-state index is 4.13. The summed E-state index contributed by atoms with van der Waals surface area (Å²) >= 11 is 0. The predicted molar refractivity (Wildman–Crippen MR) is 70.6 cm³/mol. The van der Waals surface area contributed by atoms with Crippen molar-refractivity contribution < 1.29 is 0 Å². The Labute approximate surface area is 108 Å². The Hall–Kier alpha value is -0.580. The zero-order valence-electron chi connectivity index (χ0n) is 9.06. The number of nitrogens with zero attached hydrogens (tertiary/aromatic N) is 2. The lowest BCUT2D eigenvalue weighted by atomic mass is 9.98. The van der Waals surface area contributed by atoms with Crippen molar-refractivity contribution in [3.63, 3.8) is 0 Å². The molecule has 0 aliphatic carbocycles. The molecule has 1 saturated heterocycles. The van der Waals surface area contributed by atoms with Gasteiger partial charge in [-0.15, -0.1) is 24.8 Å². The van der Waals surface area contributed by atoms with Crippen LogP contribution in [0.5, 0.6) is 0 Å². The number of aromatic nitrogens is 2. The molecule has 2 heterocycles. The molecule has 1 aromatic heterocycles. The van der Waals surface area contributed by atoms with Crippen molar-refractivity contribution in [3.8, 4) is 0 Å². The molecule has 0 amide bonds. The minimum absolute atomic E-state index is 0. The molecule has 0 atom stereocenters. The fourth-order valence-electron chi connectivity index (χ4n) is 1.73. The molecule has 0 saturated carbocycles. The van der Waals surface area contributed by atoms with Crippen LogP contribution in [0, 0.1) is 5.92 Å². The molecule has 1 fully saturated rings. The van der Waals surface area contributed by atoms with E-state index in [9.17, 15) is 0 Å². The third kappa shape index (κ3) is 4.96. The Morgan fingerprint density at radius 2 is 2.06 bits per heavy atom. The normalized spacial score (nSPS) is 15.8. The molecule has 16 heavy (non-hydrogen) atoms. The second-order valence-electron chi connectivity index (χ2n) is 3.67. The molecule has 1 aliphatic heterocycles. The van der Waals surface area contributed by atoms with E-state index >= 15 is 0 Å². The molecule has 0 radical (unpaired) electrons. The van der Waals surface area contributed by atoms with Crippen LogP contribution in [-0.2, 0) is 0 Å². The molecule has 92 valence electrons. The van der Waals surface area contributed by atoms with Gasteiger partial charge in [0.15, 0.2) is 0 Å². The molecular formula is C10H18Cl2N4. The maximum Gasteiger partial charge on any atom is 0.129 e. The number of piperidine rings is 1. The number of halogens is 2. The van der Waals surface area contributed by atoms with Gasteiger partial charge in [-0.25, -0.2) is 9.97 Å². The number of nitrogens with one attached hydrogen (secondary N) is 2. The van der Waals surface area contributed by atoms with Gasteiger partial charge >= 0.3 is 0 Å². The average Bonchev–Trinajstić information content (AvgIpc) is 2.29. The third-order valence-corrected chi connectivity index (χ3v) is 2.61. The SMILES string of the molecule is Cl.Cl.c1cc(NCC2CCNCC2)ncn1. The third-order valence-electron chi connectivity index (χ3n) is 2.61. The van der Waals surface area contributed by atoms with Crippen LogP contribution in [0.15, 0.2) is 18.6 Å². The molecule has 4 nitrogen and oxygen atoms in total. The highest BCUT2D eigenvalue weighted by atomic mass is 35.5. The largest absolute Gasteiger partial charge is 0.370 e. The lowest BCUT2D eigenvalue weighted by molar-refractivity contribution is 0.389. The van der Waals surface area contributed by atoms with Gasteiger partial charge in [-0.1, -0.05) is 0 Å². The first-order chi connectivity index (χ1) is 6.95. The van der Waals surface area contributed by atoms with Gasteiger partial charge < -0.3 is 10.6 Å². The number of rotatable bonds is 3. The topological polar surface area (TPSA) is 49.8 Å². The summed E-state index contributed by atoms with van der Waals surface area (Å²) in [4.78, 5) is 8.00. The first-order valence-electron chi connectivity index (χ1n) is 5.16. The highest BCUT2D eigenvalue weighted by Gasteiger charge is 2.12. The van der Waals surface area contributed by atoms with Crippen LogP contribution in [0.1, 0.15) is 12.8 Å². The number of hydrogen-bond acceptors (Lipinski definition) is 4. The van der Waals surface area contributed by atoms with E-state index in [1.54, 1.807) is 12.5 Å². The Morgan fingerprint density at radius 3 is 2.69 bits per heavy atom. The summed E-state index contributed by atoms with van der Waals surface area (Å²) in [5.41, 5.74) is 0. The van der Waals surface area contributed by atoms with Crippen molar-refractivity contribution in [1.29, 1.82) is 0 Å². The fraction of sp³-hybridized carbons (Fsp3) is 0.600. The van der Waals surface area contributed by atoms with Gasteiger partial charge in [0.2, 0.25) is 0 Å². The summed E-state index contributed by atoms with van der Waals surface area (Å²) in [5.74, 6) is 1.71. The van der Waals surface area contributed by atoms with E-state index in [-0.39, 0.29) is 24.8 Å². The van der Waals surface area contributed by atoms with E-state index in [2.05, 4.69) is 20.6 Å². The molecule has 2 rings (SSSR count). The zero-order chi connectivity index (χ0) is 9.64. The zero-order valence-corrected chi connectivity index (χ0v) is 10.7. The molecule has 0 spiro atoms. The van der Waals surface area contributed by atoms with E-state index in [1.165, 1.54) is 12.8 Å². The highest BCUT2D eigenvalue weighted by molar-refractivity contribution is 5.85. The van der Waals surface area contributed by atoms with Crippen molar-refractivity contribution in [2.45, 2.75) is 12.8 Å². The van der Waals surface area contributed by atoms with Crippen LogP contribution in [0.2, 0.25) is 0 Å². The van der Waals surface area contributed by atoms with Crippen molar-refractivity contribution in [2.24, 2.45) is 5.92 Å². The molecular weight excluding hydrogens is 247 g/mol. The van der Waals surface area contributed by atoms with E-state index in [0.29, 0.717) is 0 Å². The molecule has 0 bridgehead atoms. The van der Waals surface area contributed by atoms with Gasteiger partial charge in [0.1, 0.15) is 12.1 Å². The summed E-state index contributed by atoms with van der Waals surface area (Å²) < 4.78 is 0. The number of anilines is 1. The molecule has 1 aliphatic rings. The summed E-state index contributed by atoms with van der Waals surface area (Å²) in [6, 6.07) is 1.90. The minimum atomic E-state index is 0. The van der Waals surface area contributed by atoms with E-state index in [0.717, 1.165) is 31.4 Å². The van der Waals surface area contributed by atoms with Gasteiger partial charge in [-0.2, -0.15) is 0 Å². The summed E-state index contributed by atoms with van der Waals surface area (Å²) in [6.07, 6.45) is 5.86. The van der Waals surface area contributed by atoms with E-state index in [1.807, 2.05) is 6.07 Å². The maximum absolute atomic E-state index is 4.13. The molecule has 6 heteroatoms. The highest BCUT2D eigenvalue weighted by Crippen LogP contribution is 2.12. The lowest BCUT2D eigenvalue weighted by Gasteiger charge is -2.22. The smallest absolute Gasteiger partial charge is 0.129 e. The van der Waals surface area contributed by atoms with E-state index in [4.69, 9.17) is 0 Å². The van der Waals surface area contributed by atoms with Crippen LogP contribution < -0.4 is 10.6 Å². The van der Waals surface area contributed by atoms with Crippen LogP contribution >= 0.6 is 24.8 Å². The van der Waals surface area contributed by atoms with Gasteiger partial charge in [0, 0.05) is 12.7 Å². The first kappa shape index (κ1) is 15.4. The monoisotopic (exact) mass is 264 g/mol. The standard InChI is InChI=1S/C10H16N4.2ClH/c1-4-11-5-2-9(1)7-13-10-3-6-12-8-14-10;;/h3,6,8-9,11H,1-2,4-5,7H2,(H,12,13,14);2*1H. The van der Waals surface area contributed by atoms with Gasteiger partial charge in [-0.05, 0) is 37.9 Å². The second kappa shape index (κ2) is 8.56. The van der Waals surface area contributed by atoms with Gasteiger partial charge in [0.05, 0.1) is 0 Å². The van der Waals surface area contributed by atoms with Crippen molar-refractivity contribution >= 4 is 30.6 Å². The lowest BCUT2D eigenvalue weighted by Crippen LogP contribution is -2.31.